The zero-order valence-corrected chi connectivity index (χ0v) is 23.2. The number of alkyl halides is 7. The number of hydrogen-bond acceptors (Lipinski definition) is 6. The number of Topliss-reactive ketones (excluding diaryl/α,β-unsaturated/α-hetero) is 2. The zero-order chi connectivity index (χ0) is 27.6. The molecule has 194 valence electrons. The van der Waals surface area contributed by atoms with E-state index in [-0.39, 0.29) is 25.4 Å². The molecule has 0 spiro atoms. The summed E-state index contributed by atoms with van der Waals surface area (Å²) in [5.74, 6) is -1.04. The third-order valence-corrected chi connectivity index (χ3v) is 8.18. The van der Waals surface area contributed by atoms with Crippen LogP contribution in [0.15, 0.2) is 55.1 Å². The fourth-order valence-corrected chi connectivity index (χ4v) is 5.42. The van der Waals surface area contributed by atoms with Gasteiger partial charge in [0.1, 0.15) is 0 Å². The van der Waals surface area contributed by atoms with Crippen LogP contribution in [-0.2, 0) is 19.7 Å². The molecule has 0 N–H and O–H groups in total. The van der Waals surface area contributed by atoms with Crippen LogP contribution in [0, 0.1) is 0 Å². The minimum absolute atomic E-state index is 0.0807. The van der Waals surface area contributed by atoms with Crippen molar-refractivity contribution >= 4 is 79.0 Å². The van der Waals surface area contributed by atoms with Crippen molar-refractivity contribution < 1.29 is 52.8 Å². The number of hydrogen-bond donors (Lipinski definition) is 0. The highest BCUT2D eigenvalue weighted by atomic mass is 79.9. The maximum atomic E-state index is 12.4. The molecule has 0 aliphatic heterocycles. The molecule has 0 aliphatic carbocycles. The third-order valence-electron chi connectivity index (χ3n) is 3.82. The van der Waals surface area contributed by atoms with Gasteiger partial charge in [0.25, 0.3) is 19.7 Å². The SMILES string of the molecule is CC(=O)c1cc(Br)cc(S(=O)(=O)C(F)(F)F)c1.O=C(CBr)c1cc(Br)cc(S(=O)(=O)C(F)(F)F)c1. The Morgan fingerprint density at radius 1 is 0.714 bits per heavy atom. The molecule has 35 heavy (non-hydrogen) atoms. The Hall–Kier alpha value is -1.30. The Morgan fingerprint density at radius 2 is 1.06 bits per heavy atom. The molecule has 0 saturated heterocycles. The van der Waals surface area contributed by atoms with Crippen LogP contribution in [0.1, 0.15) is 27.6 Å². The number of carbonyl (C=O) groups is 2. The van der Waals surface area contributed by atoms with Crippen LogP contribution in [-0.4, -0.2) is 44.7 Å². The van der Waals surface area contributed by atoms with Gasteiger partial charge in [-0.2, -0.15) is 26.3 Å². The van der Waals surface area contributed by atoms with Crippen molar-refractivity contribution in [2.24, 2.45) is 0 Å². The quantitative estimate of drug-likeness (QED) is 0.204. The molecule has 0 saturated carbocycles. The van der Waals surface area contributed by atoms with Gasteiger partial charge in [-0.15, -0.1) is 0 Å². The lowest BCUT2D eigenvalue weighted by Crippen LogP contribution is -2.23. The first kappa shape index (κ1) is 31.7. The second-order valence-electron chi connectivity index (χ2n) is 6.36. The topological polar surface area (TPSA) is 102 Å². The zero-order valence-electron chi connectivity index (χ0n) is 16.8. The number of sulfone groups is 2. The lowest BCUT2D eigenvalue weighted by molar-refractivity contribution is -0.0442. The maximum Gasteiger partial charge on any atom is 0.501 e. The smallest absolute Gasteiger partial charge is 0.295 e. The molecule has 2 aromatic carbocycles. The molecule has 0 radical (unpaired) electrons. The molecule has 0 aliphatic rings. The highest BCUT2D eigenvalue weighted by molar-refractivity contribution is 9.10. The minimum atomic E-state index is -5.46. The van der Waals surface area contributed by atoms with Crippen molar-refractivity contribution in [1.82, 2.24) is 0 Å². The molecule has 0 heterocycles. The summed E-state index contributed by atoms with van der Waals surface area (Å²) in [6, 6.07) is 5.51. The van der Waals surface area contributed by atoms with Crippen LogP contribution in [0.5, 0.6) is 0 Å². The first-order valence-corrected chi connectivity index (χ1v) is 14.2. The number of ketones is 2. The summed E-state index contributed by atoms with van der Waals surface area (Å²) in [6.07, 6.45) is 0. The van der Waals surface area contributed by atoms with Crippen molar-refractivity contribution in [3.63, 3.8) is 0 Å². The van der Waals surface area contributed by atoms with Crippen molar-refractivity contribution in [3.8, 4) is 0 Å². The molecular formula is C18H11Br3F6O6S2. The molecule has 0 amide bonds. The van der Waals surface area contributed by atoms with Crippen LogP contribution >= 0.6 is 47.8 Å². The molecule has 6 nitrogen and oxygen atoms in total. The second kappa shape index (κ2) is 11.4. The van der Waals surface area contributed by atoms with Gasteiger partial charge >= 0.3 is 11.0 Å². The van der Waals surface area contributed by atoms with Crippen LogP contribution in [0.2, 0.25) is 0 Å². The Labute approximate surface area is 220 Å². The van der Waals surface area contributed by atoms with Gasteiger partial charge in [-0.25, -0.2) is 16.8 Å². The molecule has 0 fully saturated rings. The van der Waals surface area contributed by atoms with Gasteiger partial charge in [0.05, 0.1) is 15.1 Å². The lowest BCUT2D eigenvalue weighted by atomic mass is 10.1. The molecule has 0 atom stereocenters. The van der Waals surface area contributed by atoms with E-state index in [0.29, 0.717) is 12.1 Å². The summed E-state index contributed by atoms with van der Waals surface area (Å²) in [5.41, 5.74) is -11.0. The lowest BCUT2D eigenvalue weighted by Gasteiger charge is -2.09. The van der Waals surface area contributed by atoms with E-state index >= 15 is 0 Å². The second-order valence-corrected chi connectivity index (χ2v) is 12.6. The summed E-state index contributed by atoms with van der Waals surface area (Å²) in [5, 5.41) is -0.116. The summed E-state index contributed by atoms with van der Waals surface area (Å²) in [4.78, 5) is 20.5. The molecule has 2 rings (SSSR count). The highest BCUT2D eigenvalue weighted by Gasteiger charge is 2.48. The van der Waals surface area contributed by atoms with Gasteiger partial charge in [-0.3, -0.25) is 9.59 Å². The molecule has 0 aromatic heterocycles. The van der Waals surface area contributed by atoms with Crippen molar-refractivity contribution in [2.45, 2.75) is 27.7 Å². The number of carbonyl (C=O) groups excluding carboxylic acids is 2. The van der Waals surface area contributed by atoms with Gasteiger partial charge in [0.2, 0.25) is 0 Å². The summed E-state index contributed by atoms with van der Waals surface area (Å²) < 4.78 is 119. The predicted molar refractivity (Wildman–Crippen MR) is 123 cm³/mol. The summed E-state index contributed by atoms with van der Waals surface area (Å²) in [7, 11) is -10.9. The monoisotopic (exact) mass is 738 g/mol. The highest BCUT2D eigenvalue weighted by Crippen LogP contribution is 2.33. The fraction of sp³-hybridized carbons (Fsp3) is 0.222. The van der Waals surface area contributed by atoms with E-state index < -0.39 is 52.0 Å². The molecule has 17 heteroatoms. The summed E-state index contributed by atoms with van der Waals surface area (Å²) in [6.45, 7) is 1.13. The first-order valence-electron chi connectivity index (χ1n) is 8.49. The van der Waals surface area contributed by atoms with E-state index in [0.717, 1.165) is 19.1 Å². The standard InChI is InChI=1S/C9H5Br2F3O3S.C9H6BrF3O3S/c10-4-8(15)5-1-6(11)3-7(2-5)18(16,17)9(12,13)14;1-5(14)6-2-7(10)4-8(3-6)17(15,16)9(11,12)13/h1-3H,4H2;2-4H,1H3. The largest absolute Gasteiger partial charge is 0.501 e. The fourth-order valence-electron chi connectivity index (χ4n) is 2.14. The van der Waals surface area contributed by atoms with Crippen molar-refractivity contribution in [2.75, 3.05) is 5.33 Å². The van der Waals surface area contributed by atoms with E-state index in [1.165, 1.54) is 12.1 Å². The average Bonchev–Trinajstić information content (AvgIpc) is 2.71. The first-order chi connectivity index (χ1) is 15.6. The van der Waals surface area contributed by atoms with Crippen LogP contribution in [0.25, 0.3) is 0 Å². The van der Waals surface area contributed by atoms with Crippen molar-refractivity contribution in [1.29, 1.82) is 0 Å². The van der Waals surface area contributed by atoms with Crippen molar-refractivity contribution in [3.05, 3.63) is 56.5 Å². The van der Waals surface area contributed by atoms with E-state index in [4.69, 9.17) is 0 Å². The van der Waals surface area contributed by atoms with Gasteiger partial charge in [-0.1, -0.05) is 47.8 Å². The van der Waals surface area contributed by atoms with Gasteiger partial charge in [0.15, 0.2) is 11.6 Å². The molecule has 0 bridgehead atoms. The van der Waals surface area contributed by atoms with E-state index in [1.807, 2.05) is 0 Å². The van der Waals surface area contributed by atoms with Gasteiger partial charge in [-0.05, 0) is 43.3 Å². The maximum absolute atomic E-state index is 12.4. The van der Waals surface area contributed by atoms with E-state index in [2.05, 4.69) is 47.8 Å². The van der Waals surface area contributed by atoms with Crippen LogP contribution < -0.4 is 0 Å². The van der Waals surface area contributed by atoms with E-state index in [9.17, 15) is 52.8 Å². The minimum Gasteiger partial charge on any atom is -0.295 e. The normalized spacial score (nSPS) is 12.5. The average molecular weight is 741 g/mol. The van der Waals surface area contributed by atoms with Crippen LogP contribution in [0.4, 0.5) is 26.3 Å². The number of halogens is 9. The van der Waals surface area contributed by atoms with Crippen LogP contribution in [0.3, 0.4) is 0 Å². The van der Waals surface area contributed by atoms with Gasteiger partial charge < -0.3 is 0 Å². The summed E-state index contributed by atoms with van der Waals surface area (Å²) >= 11 is 8.58. The Kier molecular flexibility index (Phi) is 10.3. The Bertz CT molecular complexity index is 1350. The van der Waals surface area contributed by atoms with Gasteiger partial charge in [0, 0.05) is 20.1 Å². The Balaban J connectivity index is 0.000000351. The Morgan fingerprint density at radius 3 is 1.37 bits per heavy atom. The molecular weight excluding hydrogens is 730 g/mol. The number of rotatable bonds is 5. The molecule has 2 aromatic rings. The predicted octanol–water partition coefficient (Wildman–Crippen LogP) is 6.27. The molecule has 0 unspecified atom stereocenters. The third kappa shape index (κ3) is 7.84. The van der Waals surface area contributed by atoms with E-state index in [1.54, 1.807) is 0 Å². The number of benzene rings is 2.